The highest BCUT2D eigenvalue weighted by Crippen LogP contribution is 2.36. The van der Waals surface area contributed by atoms with Gasteiger partial charge in [0, 0.05) is 17.0 Å². The molecule has 0 unspecified atom stereocenters. The standard InChI is InChI=1S/C16H13BrF3NO5S/c17-10-2-5-15(14(8-10)26-16(18,19)20)27(22,23)21-11-3-4-12-13(9-11)25-7-1-6-24-12/h2-5,8-9,21H,1,6-7H2. The van der Waals surface area contributed by atoms with Crippen molar-refractivity contribution >= 4 is 31.6 Å². The summed E-state index contributed by atoms with van der Waals surface area (Å²) < 4.78 is 80.3. The first-order valence-electron chi connectivity index (χ1n) is 7.62. The fourth-order valence-electron chi connectivity index (χ4n) is 2.35. The van der Waals surface area contributed by atoms with Gasteiger partial charge >= 0.3 is 6.36 Å². The smallest absolute Gasteiger partial charge is 0.490 e. The Morgan fingerprint density at radius 2 is 1.74 bits per heavy atom. The zero-order chi connectivity index (χ0) is 19.7. The molecule has 1 N–H and O–H groups in total. The van der Waals surface area contributed by atoms with Crippen molar-refractivity contribution in [1.29, 1.82) is 0 Å². The third-order valence-corrected chi connectivity index (χ3v) is 5.33. The Morgan fingerprint density at radius 1 is 1.04 bits per heavy atom. The lowest BCUT2D eigenvalue weighted by molar-refractivity contribution is -0.275. The summed E-state index contributed by atoms with van der Waals surface area (Å²) in [7, 11) is -4.36. The minimum Gasteiger partial charge on any atom is -0.490 e. The van der Waals surface area contributed by atoms with E-state index in [1.165, 1.54) is 24.3 Å². The first-order valence-corrected chi connectivity index (χ1v) is 9.89. The molecule has 2 aromatic rings. The predicted octanol–water partition coefficient (Wildman–Crippen LogP) is 4.31. The molecule has 6 nitrogen and oxygen atoms in total. The van der Waals surface area contributed by atoms with Gasteiger partial charge in [-0.25, -0.2) is 8.42 Å². The van der Waals surface area contributed by atoms with Gasteiger partial charge < -0.3 is 14.2 Å². The number of hydrogen-bond donors (Lipinski definition) is 1. The summed E-state index contributed by atoms with van der Waals surface area (Å²) in [4.78, 5) is -0.657. The first-order chi connectivity index (χ1) is 12.6. The van der Waals surface area contributed by atoms with Gasteiger partial charge in [0.05, 0.1) is 18.9 Å². The molecule has 2 aromatic carbocycles. The van der Waals surface area contributed by atoms with Crippen molar-refractivity contribution in [2.75, 3.05) is 17.9 Å². The lowest BCUT2D eigenvalue weighted by atomic mass is 10.3. The maximum Gasteiger partial charge on any atom is 0.573 e. The number of ether oxygens (including phenoxy) is 3. The Hall–Kier alpha value is -2.14. The quantitative estimate of drug-likeness (QED) is 0.724. The van der Waals surface area contributed by atoms with E-state index in [1.54, 1.807) is 0 Å². The summed E-state index contributed by atoms with van der Waals surface area (Å²) in [5, 5.41) is 0. The van der Waals surface area contributed by atoms with E-state index in [9.17, 15) is 21.6 Å². The van der Waals surface area contributed by atoms with Gasteiger partial charge in [-0.1, -0.05) is 15.9 Å². The fourth-order valence-corrected chi connectivity index (χ4v) is 3.85. The van der Waals surface area contributed by atoms with Crippen LogP contribution >= 0.6 is 15.9 Å². The second-order valence-corrected chi connectivity index (χ2v) is 8.02. The Balaban J connectivity index is 1.92. The van der Waals surface area contributed by atoms with Gasteiger partial charge in [0.15, 0.2) is 17.2 Å². The first kappa shape index (κ1) is 19.6. The van der Waals surface area contributed by atoms with Crippen molar-refractivity contribution in [3.63, 3.8) is 0 Å². The Morgan fingerprint density at radius 3 is 2.44 bits per heavy atom. The molecule has 0 aromatic heterocycles. The lowest BCUT2D eigenvalue weighted by Gasteiger charge is -2.15. The fraction of sp³-hybridized carbons (Fsp3) is 0.250. The summed E-state index contributed by atoms with van der Waals surface area (Å²) in [5.41, 5.74) is 0.111. The zero-order valence-electron chi connectivity index (χ0n) is 13.5. The molecule has 11 heteroatoms. The maximum atomic E-state index is 12.6. The monoisotopic (exact) mass is 467 g/mol. The number of nitrogens with one attached hydrogen (secondary N) is 1. The van der Waals surface area contributed by atoms with E-state index in [2.05, 4.69) is 25.4 Å². The van der Waals surface area contributed by atoms with E-state index in [0.717, 1.165) is 12.1 Å². The molecule has 0 amide bonds. The zero-order valence-corrected chi connectivity index (χ0v) is 15.9. The van der Waals surface area contributed by atoms with Crippen molar-refractivity contribution in [1.82, 2.24) is 0 Å². The molecule has 0 bridgehead atoms. The number of anilines is 1. The van der Waals surface area contributed by atoms with Gasteiger partial charge in [0.1, 0.15) is 4.90 Å². The number of alkyl halides is 3. The van der Waals surface area contributed by atoms with Crippen LogP contribution in [0.5, 0.6) is 17.2 Å². The van der Waals surface area contributed by atoms with Crippen LogP contribution in [0.25, 0.3) is 0 Å². The summed E-state index contributed by atoms with van der Waals surface area (Å²) in [5.74, 6) is -0.0471. The third-order valence-electron chi connectivity index (χ3n) is 3.42. The van der Waals surface area contributed by atoms with Crippen molar-refractivity contribution in [3.8, 4) is 17.2 Å². The number of halogens is 4. The summed E-state index contributed by atoms with van der Waals surface area (Å²) in [6, 6.07) is 7.58. The molecule has 3 rings (SSSR count). The maximum absolute atomic E-state index is 12.6. The second kappa shape index (κ2) is 7.47. The Bertz CT molecular complexity index is 950. The summed E-state index contributed by atoms with van der Waals surface area (Å²) in [6.07, 6.45) is -4.37. The minimum atomic E-state index is -5.04. The van der Waals surface area contributed by atoms with Crippen molar-refractivity contribution < 1.29 is 35.8 Å². The normalized spacial score (nSPS) is 14.4. The molecule has 146 valence electrons. The van der Waals surface area contributed by atoms with E-state index in [1.807, 2.05) is 0 Å². The topological polar surface area (TPSA) is 73.9 Å². The summed E-state index contributed by atoms with van der Waals surface area (Å²) in [6.45, 7) is 0.870. The molecule has 27 heavy (non-hydrogen) atoms. The molecule has 0 saturated heterocycles. The van der Waals surface area contributed by atoms with Crippen LogP contribution in [0.2, 0.25) is 0 Å². The molecule has 1 aliphatic rings. The molecule has 0 aliphatic carbocycles. The third kappa shape index (κ3) is 4.98. The van der Waals surface area contributed by atoms with Crippen molar-refractivity contribution in [3.05, 3.63) is 40.9 Å². The average molecular weight is 468 g/mol. The van der Waals surface area contributed by atoms with Gasteiger partial charge in [-0.2, -0.15) is 0 Å². The number of rotatable bonds is 4. The van der Waals surface area contributed by atoms with Gasteiger partial charge in [0.25, 0.3) is 10.0 Å². The van der Waals surface area contributed by atoms with Crippen LogP contribution in [0.15, 0.2) is 45.8 Å². The van der Waals surface area contributed by atoms with Crippen molar-refractivity contribution in [2.24, 2.45) is 0 Å². The number of fused-ring (bicyclic) bond motifs is 1. The number of hydrogen-bond acceptors (Lipinski definition) is 5. The van der Waals surface area contributed by atoms with E-state index < -0.39 is 27.0 Å². The SMILES string of the molecule is O=S(=O)(Nc1ccc2c(c1)OCCCO2)c1ccc(Br)cc1OC(F)(F)F. The number of benzene rings is 2. The van der Waals surface area contributed by atoms with Gasteiger partial charge in [0.2, 0.25) is 0 Å². The highest BCUT2D eigenvalue weighted by atomic mass is 79.9. The van der Waals surface area contributed by atoms with Crippen LogP contribution < -0.4 is 18.9 Å². The average Bonchev–Trinajstić information content (AvgIpc) is 2.77. The van der Waals surface area contributed by atoms with Crippen LogP contribution in [0.3, 0.4) is 0 Å². The molecular weight excluding hydrogens is 455 g/mol. The minimum absolute atomic E-state index is 0.111. The Labute approximate surface area is 161 Å². The van der Waals surface area contributed by atoms with Gasteiger partial charge in [-0.15, -0.1) is 13.2 Å². The van der Waals surface area contributed by atoms with Crippen LogP contribution in [0.4, 0.5) is 18.9 Å². The second-order valence-electron chi connectivity index (χ2n) is 5.46. The molecule has 0 spiro atoms. The van der Waals surface area contributed by atoms with E-state index >= 15 is 0 Å². The van der Waals surface area contributed by atoms with Gasteiger partial charge in [-0.3, -0.25) is 4.72 Å². The molecule has 1 aliphatic heterocycles. The van der Waals surface area contributed by atoms with Crippen LogP contribution in [0.1, 0.15) is 6.42 Å². The van der Waals surface area contributed by atoms with Crippen LogP contribution in [-0.4, -0.2) is 28.0 Å². The Kier molecular flexibility index (Phi) is 5.43. The van der Waals surface area contributed by atoms with Crippen LogP contribution in [0, 0.1) is 0 Å². The molecule has 0 saturated carbocycles. The summed E-state index contributed by atoms with van der Waals surface area (Å²) >= 11 is 2.99. The molecule has 1 heterocycles. The number of sulfonamides is 1. The predicted molar refractivity (Wildman–Crippen MR) is 93.7 cm³/mol. The highest BCUT2D eigenvalue weighted by Gasteiger charge is 2.34. The van der Waals surface area contributed by atoms with E-state index in [4.69, 9.17) is 9.47 Å². The molecule has 0 fully saturated rings. The van der Waals surface area contributed by atoms with E-state index in [-0.39, 0.29) is 10.2 Å². The van der Waals surface area contributed by atoms with Gasteiger partial charge in [-0.05, 0) is 30.3 Å². The van der Waals surface area contributed by atoms with Crippen molar-refractivity contribution in [2.45, 2.75) is 17.7 Å². The molecule has 0 atom stereocenters. The van der Waals surface area contributed by atoms with E-state index in [0.29, 0.717) is 31.1 Å². The molecule has 0 radical (unpaired) electrons. The lowest BCUT2D eigenvalue weighted by Crippen LogP contribution is -2.21. The molecular formula is C16H13BrF3NO5S. The highest BCUT2D eigenvalue weighted by molar-refractivity contribution is 9.10. The largest absolute Gasteiger partial charge is 0.573 e. The van der Waals surface area contributed by atoms with Crippen LogP contribution in [-0.2, 0) is 10.0 Å².